The van der Waals surface area contributed by atoms with Crippen LogP contribution < -0.4 is 5.32 Å². The largest absolute Gasteiger partial charge is 0.466 e. The minimum atomic E-state index is -0.664. The average Bonchev–Trinajstić information content (AvgIpc) is 3.59. The number of aliphatic hydroxyl groups is 2. The van der Waals surface area contributed by atoms with Gasteiger partial charge in [-0.1, -0.05) is 411 Å². The Balaban J connectivity index is 3.35. The van der Waals surface area contributed by atoms with Crippen LogP contribution in [0.25, 0.3) is 0 Å². The molecule has 0 aliphatic carbocycles. The van der Waals surface area contributed by atoms with Gasteiger partial charge in [-0.15, -0.1) is 0 Å². The number of hydrogen-bond donors (Lipinski definition) is 3. The summed E-state index contributed by atoms with van der Waals surface area (Å²) in [5, 5.41) is 23.5. The average molecular weight is 1210 g/mol. The highest BCUT2D eigenvalue weighted by Crippen LogP contribution is 2.20. The molecule has 1 amide bonds. The maximum atomic E-state index is 12.6. The van der Waals surface area contributed by atoms with Crippen molar-refractivity contribution in [1.29, 1.82) is 0 Å². The van der Waals surface area contributed by atoms with Gasteiger partial charge in [-0.3, -0.25) is 9.59 Å². The first-order valence-electron chi connectivity index (χ1n) is 39.9. The summed E-state index contributed by atoms with van der Waals surface area (Å²) in [7, 11) is 0. The first-order chi connectivity index (χ1) is 42.5. The summed E-state index contributed by atoms with van der Waals surface area (Å²) in [4.78, 5) is 24.7. The van der Waals surface area contributed by atoms with E-state index in [1.807, 2.05) is 0 Å². The van der Waals surface area contributed by atoms with Gasteiger partial charge in [0.15, 0.2) is 0 Å². The molecule has 0 bridgehead atoms. The lowest BCUT2D eigenvalue weighted by Crippen LogP contribution is -2.45. The van der Waals surface area contributed by atoms with Crippen molar-refractivity contribution in [3.8, 4) is 0 Å². The molecule has 0 aromatic carbocycles. The van der Waals surface area contributed by atoms with Crippen LogP contribution in [-0.4, -0.2) is 47.4 Å². The molecular formula is C80H157NO5. The summed E-state index contributed by atoms with van der Waals surface area (Å²) in [5.74, 6) is -0.00546. The minimum Gasteiger partial charge on any atom is -0.466 e. The van der Waals surface area contributed by atoms with E-state index in [2.05, 4.69) is 31.3 Å². The van der Waals surface area contributed by atoms with Crippen LogP contribution in [0, 0.1) is 0 Å². The Morgan fingerprint density at radius 3 is 0.826 bits per heavy atom. The molecule has 0 fully saturated rings. The second-order valence-electron chi connectivity index (χ2n) is 27.8. The zero-order valence-electron chi connectivity index (χ0n) is 58.8. The van der Waals surface area contributed by atoms with Gasteiger partial charge in [-0.25, -0.2) is 0 Å². The molecule has 0 heterocycles. The molecule has 0 radical (unpaired) electrons. The summed E-state index contributed by atoms with van der Waals surface area (Å²) in [6.07, 6.45) is 95.9. The van der Waals surface area contributed by atoms with Crippen LogP contribution in [0.1, 0.15) is 463 Å². The number of carbonyl (C=O) groups is 2. The lowest BCUT2D eigenvalue weighted by Gasteiger charge is -2.22. The first kappa shape index (κ1) is 84.6. The van der Waals surface area contributed by atoms with Crippen LogP contribution in [0.2, 0.25) is 0 Å². The molecule has 6 nitrogen and oxygen atoms in total. The predicted molar refractivity (Wildman–Crippen MR) is 380 cm³/mol. The fourth-order valence-corrected chi connectivity index (χ4v) is 13.0. The molecule has 2 unspecified atom stereocenters. The Morgan fingerprint density at radius 1 is 0.314 bits per heavy atom. The number of esters is 1. The van der Waals surface area contributed by atoms with Crippen molar-refractivity contribution in [3.05, 3.63) is 12.2 Å². The van der Waals surface area contributed by atoms with Crippen molar-refractivity contribution in [2.75, 3.05) is 13.2 Å². The van der Waals surface area contributed by atoms with E-state index >= 15 is 0 Å². The third-order valence-electron chi connectivity index (χ3n) is 19.1. The summed E-state index contributed by atoms with van der Waals surface area (Å²) < 4.78 is 5.51. The summed E-state index contributed by atoms with van der Waals surface area (Å²) in [5.41, 5.74) is 0. The monoisotopic (exact) mass is 1210 g/mol. The zero-order chi connectivity index (χ0) is 62.0. The van der Waals surface area contributed by atoms with Gasteiger partial charge >= 0.3 is 5.97 Å². The number of nitrogens with one attached hydrogen (secondary N) is 1. The number of aliphatic hydroxyl groups excluding tert-OH is 2. The normalized spacial score (nSPS) is 12.5. The number of unbranched alkanes of at least 4 members (excludes halogenated alkanes) is 63. The van der Waals surface area contributed by atoms with Crippen LogP contribution >= 0.6 is 0 Å². The highest BCUT2D eigenvalue weighted by molar-refractivity contribution is 5.76. The number of rotatable bonds is 76. The second-order valence-corrected chi connectivity index (χ2v) is 27.8. The van der Waals surface area contributed by atoms with Gasteiger partial charge in [0.2, 0.25) is 5.91 Å². The Kier molecular flexibility index (Phi) is 74.8. The maximum absolute atomic E-state index is 12.6. The molecule has 2 atom stereocenters. The molecule has 0 rings (SSSR count). The van der Waals surface area contributed by atoms with E-state index in [4.69, 9.17) is 4.74 Å². The number of hydrogen-bond acceptors (Lipinski definition) is 5. The number of amides is 1. The fraction of sp³-hybridized carbons (Fsp3) is 0.950. The maximum Gasteiger partial charge on any atom is 0.305 e. The number of carbonyl (C=O) groups excluding carboxylic acids is 2. The van der Waals surface area contributed by atoms with E-state index in [-0.39, 0.29) is 18.5 Å². The molecule has 0 saturated carbocycles. The van der Waals surface area contributed by atoms with Gasteiger partial charge < -0.3 is 20.3 Å². The van der Waals surface area contributed by atoms with E-state index in [1.54, 1.807) is 0 Å². The van der Waals surface area contributed by atoms with Crippen LogP contribution in [-0.2, 0) is 14.3 Å². The van der Waals surface area contributed by atoms with Crippen LogP contribution in [0.15, 0.2) is 12.2 Å². The van der Waals surface area contributed by atoms with E-state index < -0.39 is 12.1 Å². The quantitative estimate of drug-likeness (QED) is 0.0320. The van der Waals surface area contributed by atoms with Gasteiger partial charge in [0.05, 0.1) is 25.4 Å². The number of ether oxygens (including phenoxy) is 1. The molecule has 0 aromatic rings. The Bertz CT molecular complexity index is 1300. The van der Waals surface area contributed by atoms with Crippen molar-refractivity contribution in [2.45, 2.75) is 475 Å². The van der Waals surface area contributed by atoms with E-state index in [1.165, 1.54) is 392 Å². The lowest BCUT2D eigenvalue weighted by atomic mass is 10.0. The van der Waals surface area contributed by atoms with E-state index in [9.17, 15) is 19.8 Å². The Hall–Kier alpha value is -1.40. The highest BCUT2D eigenvalue weighted by Gasteiger charge is 2.20. The summed E-state index contributed by atoms with van der Waals surface area (Å²) >= 11 is 0. The molecule has 3 N–H and O–H groups in total. The Labute approximate surface area is 539 Å². The second kappa shape index (κ2) is 76.1. The molecule has 0 spiro atoms. The van der Waals surface area contributed by atoms with Gasteiger partial charge in [0, 0.05) is 12.8 Å². The van der Waals surface area contributed by atoms with Crippen LogP contribution in [0.4, 0.5) is 0 Å². The third kappa shape index (κ3) is 71.7. The van der Waals surface area contributed by atoms with Gasteiger partial charge in [-0.2, -0.15) is 0 Å². The molecule has 86 heavy (non-hydrogen) atoms. The Morgan fingerprint density at radius 2 is 0.547 bits per heavy atom. The molecule has 0 aromatic heterocycles. The third-order valence-corrected chi connectivity index (χ3v) is 19.1. The summed E-state index contributed by atoms with van der Waals surface area (Å²) in [6.45, 7) is 5.02. The molecule has 0 aliphatic rings. The molecular weight excluding hydrogens is 1050 g/mol. The summed E-state index contributed by atoms with van der Waals surface area (Å²) in [6, 6.07) is -0.541. The molecule has 6 heteroatoms. The zero-order valence-corrected chi connectivity index (χ0v) is 58.8. The van der Waals surface area contributed by atoms with Crippen LogP contribution in [0.5, 0.6) is 0 Å². The van der Waals surface area contributed by atoms with Crippen molar-refractivity contribution in [1.82, 2.24) is 5.32 Å². The smallest absolute Gasteiger partial charge is 0.305 e. The van der Waals surface area contributed by atoms with Crippen molar-refractivity contribution in [2.24, 2.45) is 0 Å². The highest BCUT2D eigenvalue weighted by atomic mass is 16.5. The topological polar surface area (TPSA) is 95.9 Å². The van der Waals surface area contributed by atoms with E-state index in [0.717, 1.165) is 38.5 Å². The van der Waals surface area contributed by atoms with Crippen molar-refractivity contribution >= 4 is 11.9 Å². The van der Waals surface area contributed by atoms with E-state index in [0.29, 0.717) is 25.9 Å². The number of allylic oxidation sites excluding steroid dienone is 2. The fourth-order valence-electron chi connectivity index (χ4n) is 13.0. The SMILES string of the molecule is CCCCCCCCCCCCCCCCCCCCCCCCCC(O)C(CO)NC(=O)CCCCCCCCCCCCCCCC/C=C\CCCCCCCCCCCCCCOC(=O)CCCCCCCCCCCCCCCCCC. The van der Waals surface area contributed by atoms with Gasteiger partial charge in [-0.05, 0) is 51.4 Å². The predicted octanol–water partition coefficient (Wildman–Crippen LogP) is 26.3. The van der Waals surface area contributed by atoms with Gasteiger partial charge in [0.1, 0.15) is 0 Å². The van der Waals surface area contributed by atoms with Crippen molar-refractivity contribution in [3.63, 3.8) is 0 Å². The molecule has 0 aliphatic heterocycles. The minimum absolute atomic E-state index is 0.0220. The molecule has 0 saturated heterocycles. The van der Waals surface area contributed by atoms with Crippen LogP contribution in [0.3, 0.4) is 0 Å². The van der Waals surface area contributed by atoms with Gasteiger partial charge in [0.25, 0.3) is 0 Å². The van der Waals surface area contributed by atoms with Crippen molar-refractivity contribution < 1.29 is 24.5 Å². The standard InChI is InChI=1S/C80H157NO5/c1-3-5-7-9-11-13-15-17-19-21-22-23-32-35-38-41-44-48-52-56-60-64-68-72-78(83)77(76-82)81-79(84)73-69-65-61-57-53-49-45-42-39-36-33-30-28-26-24-25-27-29-31-34-37-40-43-47-51-55-59-63-67-71-75-86-80(85)74-70-66-62-58-54-50-46-20-18-16-14-12-10-8-6-4-2/h25,27,77-78,82-83H,3-24,26,28-76H2,1-2H3,(H,81,84)/b27-25-. The first-order valence-corrected chi connectivity index (χ1v) is 39.9. The lowest BCUT2D eigenvalue weighted by molar-refractivity contribution is -0.143. The molecule has 512 valence electrons.